The van der Waals surface area contributed by atoms with Gasteiger partial charge >= 0.3 is 0 Å². The number of pyridine rings is 1. The molecule has 1 fully saturated rings. The van der Waals surface area contributed by atoms with Crippen LogP contribution in [0.3, 0.4) is 0 Å². The summed E-state index contributed by atoms with van der Waals surface area (Å²) in [6.45, 7) is 0. The second kappa shape index (κ2) is 8.40. The normalized spacial score (nSPS) is 22.2. The van der Waals surface area contributed by atoms with Crippen LogP contribution in [0.1, 0.15) is 17.4 Å². The number of carbonyl (C=O) groups excluding carboxylic acids is 2. The number of amides is 2. The summed E-state index contributed by atoms with van der Waals surface area (Å²) >= 11 is 3.27. The number of thioether (sulfide) groups is 2. The molecule has 0 aromatic carbocycles. The lowest BCUT2D eigenvalue weighted by molar-refractivity contribution is -0.128. The molecule has 8 heteroatoms. The first kappa shape index (κ1) is 17.1. The molecule has 22 heavy (non-hydrogen) atoms. The van der Waals surface area contributed by atoms with Crippen LogP contribution < -0.4 is 16.4 Å². The maximum Gasteiger partial charge on any atom is 0.240 e. The SMILES string of the molecule is CSCC[C@H](NC(=O)C1CSC(c2cccnc2)N1)C(N)=O. The van der Waals surface area contributed by atoms with Crippen molar-refractivity contribution in [3.05, 3.63) is 30.1 Å². The third kappa shape index (κ3) is 4.62. The van der Waals surface area contributed by atoms with Crippen molar-refractivity contribution in [1.29, 1.82) is 0 Å². The van der Waals surface area contributed by atoms with Crippen molar-refractivity contribution < 1.29 is 9.59 Å². The molecule has 1 aliphatic rings. The van der Waals surface area contributed by atoms with Gasteiger partial charge in [0.2, 0.25) is 11.8 Å². The average Bonchev–Trinajstić information content (AvgIpc) is 3.02. The van der Waals surface area contributed by atoms with Crippen LogP contribution in [0.25, 0.3) is 0 Å². The number of rotatable bonds is 7. The minimum atomic E-state index is -0.607. The molecular formula is C14H20N4O2S2. The van der Waals surface area contributed by atoms with E-state index in [-0.39, 0.29) is 17.3 Å². The molecule has 120 valence electrons. The highest BCUT2D eigenvalue weighted by molar-refractivity contribution is 7.99. The van der Waals surface area contributed by atoms with Gasteiger partial charge < -0.3 is 11.1 Å². The van der Waals surface area contributed by atoms with Gasteiger partial charge in [-0.1, -0.05) is 6.07 Å². The summed E-state index contributed by atoms with van der Waals surface area (Å²) in [5, 5.41) is 6.05. The molecule has 2 heterocycles. The highest BCUT2D eigenvalue weighted by Gasteiger charge is 2.32. The van der Waals surface area contributed by atoms with Crippen LogP contribution in [0.15, 0.2) is 24.5 Å². The lowest BCUT2D eigenvalue weighted by Gasteiger charge is -2.18. The number of hydrogen-bond acceptors (Lipinski definition) is 6. The predicted octanol–water partition coefficient (Wildman–Crippen LogP) is 0.508. The number of carbonyl (C=O) groups is 2. The topological polar surface area (TPSA) is 97.1 Å². The molecule has 1 aromatic rings. The Kier molecular flexibility index (Phi) is 6.53. The van der Waals surface area contributed by atoms with Crippen molar-refractivity contribution in [2.24, 2.45) is 5.73 Å². The van der Waals surface area contributed by atoms with Gasteiger partial charge in [-0.3, -0.25) is 19.9 Å². The van der Waals surface area contributed by atoms with Crippen LogP contribution in [0.5, 0.6) is 0 Å². The fourth-order valence-electron chi connectivity index (χ4n) is 2.14. The van der Waals surface area contributed by atoms with Gasteiger partial charge in [-0.2, -0.15) is 11.8 Å². The molecule has 0 aliphatic carbocycles. The van der Waals surface area contributed by atoms with Gasteiger partial charge in [0.05, 0.1) is 11.4 Å². The second-order valence-corrected chi connectivity index (χ2v) is 7.09. The zero-order valence-corrected chi connectivity index (χ0v) is 14.0. The largest absolute Gasteiger partial charge is 0.368 e. The van der Waals surface area contributed by atoms with Crippen molar-refractivity contribution in [2.75, 3.05) is 17.8 Å². The quantitative estimate of drug-likeness (QED) is 0.669. The Balaban J connectivity index is 1.89. The standard InChI is InChI=1S/C14H20N4O2S2/c1-21-6-4-10(12(15)19)17-13(20)11-8-22-14(18-11)9-3-2-5-16-7-9/h2-3,5,7,10-11,14,18H,4,6,8H2,1H3,(H2,15,19)(H,17,20)/t10-,11?,14?/m0/s1. The number of primary amides is 1. The number of nitrogens with zero attached hydrogens (tertiary/aromatic N) is 1. The van der Waals surface area contributed by atoms with E-state index in [0.717, 1.165) is 11.3 Å². The Bertz CT molecular complexity index is 515. The van der Waals surface area contributed by atoms with E-state index in [1.54, 1.807) is 35.9 Å². The average molecular weight is 340 g/mol. The predicted molar refractivity (Wildman–Crippen MR) is 90.5 cm³/mol. The summed E-state index contributed by atoms with van der Waals surface area (Å²) < 4.78 is 0. The van der Waals surface area contributed by atoms with Gasteiger partial charge in [-0.15, -0.1) is 11.8 Å². The summed E-state index contributed by atoms with van der Waals surface area (Å²) in [6, 6.07) is 2.91. The Morgan fingerprint density at radius 1 is 1.64 bits per heavy atom. The van der Waals surface area contributed by atoms with Crippen LogP contribution in [0.4, 0.5) is 0 Å². The molecule has 3 atom stereocenters. The zero-order chi connectivity index (χ0) is 15.9. The Hall–Kier alpha value is -1.25. The number of hydrogen-bond donors (Lipinski definition) is 3. The number of aromatic nitrogens is 1. The van der Waals surface area contributed by atoms with Gasteiger partial charge in [-0.25, -0.2) is 0 Å². The second-order valence-electron chi connectivity index (χ2n) is 4.96. The lowest BCUT2D eigenvalue weighted by atomic mass is 10.2. The molecule has 0 saturated carbocycles. The molecule has 0 spiro atoms. The van der Waals surface area contributed by atoms with E-state index in [1.807, 2.05) is 18.4 Å². The smallest absolute Gasteiger partial charge is 0.240 e. The first-order chi connectivity index (χ1) is 10.6. The minimum absolute atomic E-state index is 0.0441. The molecule has 4 N–H and O–H groups in total. The fourth-order valence-corrected chi connectivity index (χ4v) is 3.84. The van der Waals surface area contributed by atoms with Gasteiger partial charge in [0.15, 0.2) is 0 Å². The Labute approximate surface area is 138 Å². The van der Waals surface area contributed by atoms with E-state index >= 15 is 0 Å². The minimum Gasteiger partial charge on any atom is -0.368 e. The van der Waals surface area contributed by atoms with Crippen molar-refractivity contribution in [2.45, 2.75) is 23.9 Å². The summed E-state index contributed by atoms with van der Waals surface area (Å²) in [7, 11) is 0. The van der Waals surface area contributed by atoms with E-state index in [2.05, 4.69) is 15.6 Å². The summed E-state index contributed by atoms with van der Waals surface area (Å²) in [5.41, 5.74) is 6.38. The van der Waals surface area contributed by atoms with Crippen LogP contribution in [-0.2, 0) is 9.59 Å². The number of nitrogens with two attached hydrogens (primary N) is 1. The number of nitrogens with one attached hydrogen (secondary N) is 2. The van der Waals surface area contributed by atoms with Crippen LogP contribution in [0.2, 0.25) is 0 Å². The third-order valence-corrected chi connectivity index (χ3v) is 5.27. The van der Waals surface area contributed by atoms with Crippen molar-refractivity contribution in [3.8, 4) is 0 Å². The molecule has 0 bridgehead atoms. The molecule has 2 rings (SSSR count). The molecular weight excluding hydrogens is 320 g/mol. The summed E-state index contributed by atoms with van der Waals surface area (Å²) in [4.78, 5) is 27.8. The van der Waals surface area contributed by atoms with Crippen molar-refractivity contribution in [1.82, 2.24) is 15.6 Å². The maximum atomic E-state index is 12.3. The highest BCUT2D eigenvalue weighted by Crippen LogP contribution is 2.32. The Morgan fingerprint density at radius 3 is 3.09 bits per heavy atom. The zero-order valence-electron chi connectivity index (χ0n) is 12.3. The maximum absolute atomic E-state index is 12.3. The van der Waals surface area contributed by atoms with Crippen LogP contribution in [0, 0.1) is 0 Å². The van der Waals surface area contributed by atoms with Gasteiger partial charge in [0.25, 0.3) is 0 Å². The van der Waals surface area contributed by atoms with Crippen LogP contribution >= 0.6 is 23.5 Å². The molecule has 2 unspecified atom stereocenters. The van der Waals surface area contributed by atoms with Gasteiger partial charge in [0, 0.05) is 18.1 Å². The fraction of sp³-hybridized carbons (Fsp3) is 0.500. The lowest BCUT2D eigenvalue weighted by Crippen LogP contribution is -2.51. The van der Waals surface area contributed by atoms with Crippen LogP contribution in [-0.4, -0.2) is 46.6 Å². The van der Waals surface area contributed by atoms with E-state index in [9.17, 15) is 9.59 Å². The van der Waals surface area contributed by atoms with Gasteiger partial charge in [-0.05, 0) is 30.1 Å². The Morgan fingerprint density at radius 2 is 2.45 bits per heavy atom. The summed E-state index contributed by atoms with van der Waals surface area (Å²) in [6.07, 6.45) is 6.01. The molecule has 1 aromatic heterocycles. The molecule has 2 amide bonds. The summed E-state index contributed by atoms with van der Waals surface area (Å²) in [5.74, 6) is 0.763. The van der Waals surface area contributed by atoms with Crippen molar-refractivity contribution in [3.63, 3.8) is 0 Å². The van der Waals surface area contributed by atoms with Gasteiger partial charge in [0.1, 0.15) is 6.04 Å². The first-order valence-corrected chi connectivity index (χ1v) is 9.42. The first-order valence-electron chi connectivity index (χ1n) is 6.98. The van der Waals surface area contributed by atoms with E-state index in [0.29, 0.717) is 12.2 Å². The third-order valence-electron chi connectivity index (χ3n) is 3.36. The molecule has 6 nitrogen and oxygen atoms in total. The molecule has 1 saturated heterocycles. The highest BCUT2D eigenvalue weighted by atomic mass is 32.2. The van der Waals surface area contributed by atoms with E-state index in [4.69, 9.17) is 5.73 Å². The molecule has 0 radical (unpaired) electrons. The molecule has 1 aliphatic heterocycles. The van der Waals surface area contributed by atoms with E-state index in [1.165, 1.54) is 0 Å². The van der Waals surface area contributed by atoms with Crippen molar-refractivity contribution >= 4 is 35.3 Å². The monoisotopic (exact) mass is 340 g/mol. The van der Waals surface area contributed by atoms with E-state index < -0.39 is 11.9 Å².